The lowest BCUT2D eigenvalue weighted by atomic mass is 10.1. The van der Waals surface area contributed by atoms with Gasteiger partial charge in [0.2, 0.25) is 0 Å². The number of thiophene rings is 1. The molecular formula is C13H12N2O3S. The minimum atomic E-state index is -0.923. The molecule has 0 aliphatic rings. The smallest absolute Gasteiger partial charge is 0.258 e. The van der Waals surface area contributed by atoms with E-state index >= 15 is 0 Å². The fourth-order valence-electron chi connectivity index (χ4n) is 1.61. The third-order valence-electron chi connectivity index (χ3n) is 2.43. The third-order valence-corrected chi connectivity index (χ3v) is 3.31. The Hall–Kier alpha value is -2.10. The molecule has 0 radical (unpaired) electrons. The van der Waals surface area contributed by atoms with Crippen molar-refractivity contribution in [3.63, 3.8) is 0 Å². The molecule has 0 aliphatic heterocycles. The Balaban J connectivity index is 2.46. The molecule has 2 heterocycles. The number of nitrogens with one attached hydrogen (secondary N) is 1. The van der Waals surface area contributed by atoms with Gasteiger partial charge in [-0.3, -0.25) is 4.79 Å². The van der Waals surface area contributed by atoms with Gasteiger partial charge in [0.15, 0.2) is 5.76 Å². The van der Waals surface area contributed by atoms with Crippen LogP contribution < -0.4 is 5.32 Å². The molecule has 2 aromatic rings. The van der Waals surface area contributed by atoms with Gasteiger partial charge >= 0.3 is 0 Å². The zero-order valence-corrected chi connectivity index (χ0v) is 11.0. The predicted molar refractivity (Wildman–Crippen MR) is 71.6 cm³/mol. The summed E-state index contributed by atoms with van der Waals surface area (Å²) >= 11 is 1.43. The standard InChI is InChI=1S/C13H12N2O3S/c1-3-6-14-13(17)10-11(9-5-4-7-19-9)15-18-12(10)8(2)16/h1,4-5,7-8,16H,6H2,2H3,(H,14,17)/t8-/m0/s1. The lowest BCUT2D eigenvalue weighted by Gasteiger charge is -2.04. The summed E-state index contributed by atoms with van der Waals surface area (Å²) in [6.07, 6.45) is 4.19. The molecule has 98 valence electrons. The first kappa shape index (κ1) is 13.3. The summed E-state index contributed by atoms with van der Waals surface area (Å²) in [6.45, 7) is 1.61. The largest absolute Gasteiger partial charge is 0.385 e. The number of terminal acetylenes is 1. The average Bonchev–Trinajstić information content (AvgIpc) is 3.02. The summed E-state index contributed by atoms with van der Waals surface area (Å²) in [6, 6.07) is 3.67. The number of nitrogens with zero attached hydrogens (tertiary/aromatic N) is 1. The summed E-state index contributed by atoms with van der Waals surface area (Å²) in [5.74, 6) is 2.05. The Morgan fingerprint density at radius 3 is 3.11 bits per heavy atom. The maximum Gasteiger partial charge on any atom is 0.258 e. The minimum absolute atomic E-state index is 0.104. The van der Waals surface area contributed by atoms with Gasteiger partial charge in [-0.2, -0.15) is 0 Å². The van der Waals surface area contributed by atoms with Gasteiger partial charge in [0.1, 0.15) is 17.4 Å². The Morgan fingerprint density at radius 2 is 2.53 bits per heavy atom. The molecule has 0 aromatic carbocycles. The van der Waals surface area contributed by atoms with Crippen LogP contribution in [0.2, 0.25) is 0 Å². The van der Waals surface area contributed by atoms with Crippen LogP contribution in [0.25, 0.3) is 10.6 Å². The number of rotatable bonds is 4. The van der Waals surface area contributed by atoms with Crippen molar-refractivity contribution in [2.24, 2.45) is 0 Å². The van der Waals surface area contributed by atoms with E-state index in [0.29, 0.717) is 5.69 Å². The summed E-state index contributed by atoms with van der Waals surface area (Å²) in [4.78, 5) is 12.9. The molecule has 0 saturated carbocycles. The molecule has 6 heteroatoms. The molecule has 5 nitrogen and oxygen atoms in total. The molecular weight excluding hydrogens is 264 g/mol. The topological polar surface area (TPSA) is 75.4 Å². The van der Waals surface area contributed by atoms with Crippen LogP contribution in [-0.4, -0.2) is 22.7 Å². The third kappa shape index (κ3) is 2.67. The zero-order valence-electron chi connectivity index (χ0n) is 10.2. The lowest BCUT2D eigenvalue weighted by molar-refractivity contribution is 0.0946. The van der Waals surface area contributed by atoms with Crippen molar-refractivity contribution in [2.75, 3.05) is 6.54 Å². The van der Waals surface area contributed by atoms with Crippen LogP contribution in [0.3, 0.4) is 0 Å². The molecule has 1 amide bonds. The minimum Gasteiger partial charge on any atom is -0.385 e. The molecule has 1 atom stereocenters. The SMILES string of the molecule is C#CCNC(=O)c1c(-c2cccs2)noc1[C@H](C)O. The summed E-state index contributed by atoms with van der Waals surface area (Å²) < 4.78 is 5.08. The van der Waals surface area contributed by atoms with E-state index in [1.807, 2.05) is 17.5 Å². The second-order valence-corrected chi connectivity index (χ2v) is 4.76. The number of carbonyl (C=O) groups is 1. The first-order chi connectivity index (χ1) is 9.15. The highest BCUT2D eigenvalue weighted by Crippen LogP contribution is 2.31. The number of carbonyl (C=O) groups excluding carboxylic acids is 1. The molecule has 2 aromatic heterocycles. The van der Waals surface area contributed by atoms with Crippen molar-refractivity contribution >= 4 is 17.2 Å². The van der Waals surface area contributed by atoms with E-state index in [2.05, 4.69) is 16.4 Å². The van der Waals surface area contributed by atoms with Crippen molar-refractivity contribution in [3.05, 3.63) is 28.8 Å². The van der Waals surface area contributed by atoms with E-state index in [1.54, 1.807) is 0 Å². The highest BCUT2D eigenvalue weighted by molar-refractivity contribution is 7.13. The molecule has 0 fully saturated rings. The molecule has 0 aliphatic carbocycles. The maximum absolute atomic E-state index is 12.1. The highest BCUT2D eigenvalue weighted by Gasteiger charge is 2.26. The van der Waals surface area contributed by atoms with Crippen LogP contribution in [0.5, 0.6) is 0 Å². The fraction of sp³-hybridized carbons (Fsp3) is 0.231. The second-order valence-electron chi connectivity index (χ2n) is 3.81. The Morgan fingerprint density at radius 1 is 1.74 bits per heavy atom. The molecule has 19 heavy (non-hydrogen) atoms. The van der Waals surface area contributed by atoms with Gasteiger partial charge in [0.25, 0.3) is 5.91 Å². The lowest BCUT2D eigenvalue weighted by Crippen LogP contribution is -2.25. The van der Waals surface area contributed by atoms with Gasteiger partial charge in [0.05, 0.1) is 11.4 Å². The van der Waals surface area contributed by atoms with Crippen molar-refractivity contribution in [2.45, 2.75) is 13.0 Å². The van der Waals surface area contributed by atoms with E-state index in [-0.39, 0.29) is 17.9 Å². The monoisotopic (exact) mass is 276 g/mol. The molecule has 0 spiro atoms. The number of aromatic nitrogens is 1. The van der Waals surface area contributed by atoms with Crippen LogP contribution >= 0.6 is 11.3 Å². The Kier molecular flexibility index (Phi) is 4.00. The number of aliphatic hydroxyl groups excluding tert-OH is 1. The van der Waals surface area contributed by atoms with E-state index < -0.39 is 12.0 Å². The van der Waals surface area contributed by atoms with Gasteiger partial charge in [-0.05, 0) is 18.4 Å². The van der Waals surface area contributed by atoms with Crippen LogP contribution in [0.4, 0.5) is 0 Å². The van der Waals surface area contributed by atoms with E-state index in [0.717, 1.165) is 4.88 Å². The average molecular weight is 276 g/mol. The van der Waals surface area contributed by atoms with Crippen LogP contribution in [-0.2, 0) is 0 Å². The van der Waals surface area contributed by atoms with E-state index in [9.17, 15) is 9.90 Å². The first-order valence-electron chi connectivity index (χ1n) is 5.58. The van der Waals surface area contributed by atoms with Crippen LogP contribution in [0.15, 0.2) is 22.0 Å². The number of hydrogen-bond donors (Lipinski definition) is 2. The summed E-state index contributed by atoms with van der Waals surface area (Å²) in [5, 5.41) is 17.9. The molecule has 0 unspecified atom stereocenters. The van der Waals surface area contributed by atoms with Crippen molar-refractivity contribution < 1.29 is 14.4 Å². The summed E-state index contributed by atoms with van der Waals surface area (Å²) in [5.41, 5.74) is 0.646. The van der Waals surface area contributed by atoms with Crippen LogP contribution in [0, 0.1) is 12.3 Å². The van der Waals surface area contributed by atoms with Gasteiger partial charge in [-0.25, -0.2) is 0 Å². The zero-order chi connectivity index (χ0) is 13.8. The quantitative estimate of drug-likeness (QED) is 0.835. The highest BCUT2D eigenvalue weighted by atomic mass is 32.1. The van der Waals surface area contributed by atoms with Crippen molar-refractivity contribution in [3.8, 4) is 22.9 Å². The van der Waals surface area contributed by atoms with Crippen molar-refractivity contribution in [1.82, 2.24) is 10.5 Å². The number of hydrogen-bond acceptors (Lipinski definition) is 5. The van der Waals surface area contributed by atoms with Crippen LogP contribution in [0.1, 0.15) is 29.1 Å². The Bertz CT molecular complexity index is 608. The molecule has 2 rings (SSSR count). The van der Waals surface area contributed by atoms with Gasteiger partial charge < -0.3 is 14.9 Å². The molecule has 2 N–H and O–H groups in total. The van der Waals surface area contributed by atoms with E-state index in [1.165, 1.54) is 18.3 Å². The fourth-order valence-corrected chi connectivity index (χ4v) is 2.32. The normalized spacial score (nSPS) is 11.8. The number of aliphatic hydroxyl groups is 1. The molecule has 0 saturated heterocycles. The molecule has 0 bridgehead atoms. The maximum atomic E-state index is 12.1. The second kappa shape index (κ2) is 5.69. The van der Waals surface area contributed by atoms with Gasteiger partial charge in [0, 0.05) is 0 Å². The van der Waals surface area contributed by atoms with Crippen molar-refractivity contribution in [1.29, 1.82) is 0 Å². The first-order valence-corrected chi connectivity index (χ1v) is 6.46. The van der Waals surface area contributed by atoms with Gasteiger partial charge in [-0.1, -0.05) is 17.1 Å². The summed E-state index contributed by atoms with van der Waals surface area (Å²) in [7, 11) is 0. The predicted octanol–water partition coefficient (Wildman–Crippen LogP) is 1.82. The Labute approximate surface area is 114 Å². The van der Waals surface area contributed by atoms with Gasteiger partial charge in [-0.15, -0.1) is 17.8 Å². The number of amides is 1. The van der Waals surface area contributed by atoms with E-state index in [4.69, 9.17) is 10.9 Å².